The van der Waals surface area contributed by atoms with Gasteiger partial charge in [0.1, 0.15) is 5.82 Å². The van der Waals surface area contributed by atoms with Gasteiger partial charge in [-0.3, -0.25) is 0 Å². The summed E-state index contributed by atoms with van der Waals surface area (Å²) >= 11 is 5.90. The van der Waals surface area contributed by atoms with E-state index in [0.717, 1.165) is 17.9 Å². The van der Waals surface area contributed by atoms with E-state index in [4.69, 9.17) is 17.3 Å². The molecule has 2 aromatic rings. The summed E-state index contributed by atoms with van der Waals surface area (Å²) in [5.74, 6) is 1.55. The van der Waals surface area contributed by atoms with Crippen molar-refractivity contribution in [2.24, 2.45) is 11.8 Å². The fourth-order valence-electron chi connectivity index (χ4n) is 3.98. The van der Waals surface area contributed by atoms with Crippen LogP contribution in [0.5, 0.6) is 0 Å². The Morgan fingerprint density at radius 3 is 2.84 bits per heavy atom. The van der Waals surface area contributed by atoms with Gasteiger partial charge in [0.05, 0.1) is 16.1 Å². The molecule has 100 valence electrons. The highest BCUT2D eigenvalue weighted by atomic mass is 35.5. The van der Waals surface area contributed by atoms with Gasteiger partial charge in [0.25, 0.3) is 0 Å². The standard InChI is InChI=1S/C14H15ClFN3/c15-9-5-13-11(6-10(9)16)18-14(17)19(13)12-4-7-1-2-8(12)3-7/h5-8,12H,1-4H2,(H2,17,18). The number of hydrogen-bond acceptors (Lipinski definition) is 2. The lowest BCUT2D eigenvalue weighted by atomic mass is 9.95. The van der Waals surface area contributed by atoms with Crippen LogP contribution in [0.1, 0.15) is 31.7 Å². The lowest BCUT2D eigenvalue weighted by molar-refractivity contribution is 0.339. The summed E-state index contributed by atoms with van der Waals surface area (Å²) in [4.78, 5) is 4.29. The van der Waals surface area contributed by atoms with Gasteiger partial charge in [0.15, 0.2) is 0 Å². The van der Waals surface area contributed by atoms with Gasteiger partial charge < -0.3 is 10.3 Å². The molecule has 3 unspecified atom stereocenters. The fraction of sp³-hybridized carbons (Fsp3) is 0.500. The Morgan fingerprint density at radius 1 is 1.32 bits per heavy atom. The van der Waals surface area contributed by atoms with Gasteiger partial charge in [-0.2, -0.15) is 0 Å². The van der Waals surface area contributed by atoms with Gasteiger partial charge in [0, 0.05) is 12.1 Å². The van der Waals surface area contributed by atoms with E-state index in [1.807, 2.05) is 0 Å². The Labute approximate surface area is 115 Å². The Balaban J connectivity index is 1.89. The number of benzene rings is 1. The number of rotatable bonds is 1. The summed E-state index contributed by atoms with van der Waals surface area (Å²) in [7, 11) is 0. The maximum atomic E-state index is 13.5. The second-order valence-corrected chi connectivity index (χ2v) is 6.24. The van der Waals surface area contributed by atoms with Crippen LogP contribution in [-0.4, -0.2) is 9.55 Å². The molecule has 2 aliphatic rings. The number of halogens is 2. The van der Waals surface area contributed by atoms with Crippen molar-refractivity contribution in [3.63, 3.8) is 0 Å². The number of anilines is 1. The second-order valence-electron chi connectivity index (χ2n) is 5.84. The Morgan fingerprint density at radius 2 is 2.16 bits per heavy atom. The molecule has 0 aliphatic heterocycles. The summed E-state index contributed by atoms with van der Waals surface area (Å²) in [5, 5.41) is 0.136. The molecule has 19 heavy (non-hydrogen) atoms. The minimum Gasteiger partial charge on any atom is -0.369 e. The maximum absolute atomic E-state index is 13.5. The minimum absolute atomic E-state index is 0.136. The molecule has 0 amide bonds. The second kappa shape index (κ2) is 3.85. The first-order chi connectivity index (χ1) is 9.13. The summed E-state index contributed by atoms with van der Waals surface area (Å²) in [6.07, 6.45) is 5.06. The topological polar surface area (TPSA) is 43.8 Å². The highest BCUT2D eigenvalue weighted by Crippen LogP contribution is 2.52. The molecule has 2 fully saturated rings. The van der Waals surface area contributed by atoms with Gasteiger partial charge in [-0.1, -0.05) is 18.0 Å². The van der Waals surface area contributed by atoms with E-state index in [0.29, 0.717) is 23.4 Å². The van der Waals surface area contributed by atoms with Crippen LogP contribution in [-0.2, 0) is 0 Å². The molecule has 0 radical (unpaired) electrons. The van der Waals surface area contributed by atoms with Crippen molar-refractivity contribution in [1.82, 2.24) is 9.55 Å². The van der Waals surface area contributed by atoms with Crippen LogP contribution in [0.3, 0.4) is 0 Å². The predicted molar refractivity (Wildman–Crippen MR) is 73.6 cm³/mol. The van der Waals surface area contributed by atoms with Gasteiger partial charge in [0.2, 0.25) is 5.95 Å². The monoisotopic (exact) mass is 279 g/mol. The molecule has 3 atom stereocenters. The van der Waals surface area contributed by atoms with Crippen molar-refractivity contribution in [1.29, 1.82) is 0 Å². The van der Waals surface area contributed by atoms with Crippen LogP contribution in [0.15, 0.2) is 12.1 Å². The number of nitrogens with zero attached hydrogens (tertiary/aromatic N) is 2. The summed E-state index contributed by atoms with van der Waals surface area (Å²) in [5.41, 5.74) is 7.51. The first-order valence-electron chi connectivity index (χ1n) is 6.76. The molecule has 4 rings (SSSR count). The third-order valence-corrected chi connectivity index (χ3v) is 5.08. The van der Waals surface area contributed by atoms with Crippen LogP contribution >= 0.6 is 11.6 Å². The van der Waals surface area contributed by atoms with Gasteiger partial charge >= 0.3 is 0 Å². The van der Waals surface area contributed by atoms with Crippen molar-refractivity contribution in [2.45, 2.75) is 31.7 Å². The number of imidazole rings is 1. The molecule has 0 spiro atoms. The number of aromatic nitrogens is 2. The largest absolute Gasteiger partial charge is 0.369 e. The van der Waals surface area contributed by atoms with E-state index >= 15 is 0 Å². The average molecular weight is 280 g/mol. The quantitative estimate of drug-likeness (QED) is 0.863. The highest BCUT2D eigenvalue weighted by Gasteiger charge is 2.41. The first-order valence-corrected chi connectivity index (χ1v) is 7.13. The lowest BCUT2D eigenvalue weighted by Gasteiger charge is -2.24. The van der Waals surface area contributed by atoms with Crippen LogP contribution in [0.2, 0.25) is 5.02 Å². The smallest absolute Gasteiger partial charge is 0.201 e. The molecule has 5 heteroatoms. The number of nitrogen functional groups attached to an aromatic ring is 1. The molecule has 3 nitrogen and oxygen atoms in total. The predicted octanol–water partition coefficient (Wildman–Crippen LogP) is 3.77. The van der Waals surface area contributed by atoms with Crippen LogP contribution in [0.25, 0.3) is 11.0 Å². The molecule has 2 aliphatic carbocycles. The lowest BCUT2D eigenvalue weighted by Crippen LogP contribution is -2.17. The van der Waals surface area contributed by atoms with E-state index in [1.54, 1.807) is 6.07 Å². The van der Waals surface area contributed by atoms with Crippen molar-refractivity contribution < 1.29 is 4.39 Å². The van der Waals surface area contributed by atoms with Gasteiger partial charge in [-0.05, 0) is 37.2 Å². The zero-order valence-corrected chi connectivity index (χ0v) is 11.2. The number of nitrogens with two attached hydrogens (primary N) is 1. The zero-order chi connectivity index (χ0) is 13.1. The minimum atomic E-state index is -0.438. The average Bonchev–Trinajstić information content (AvgIpc) is 3.03. The van der Waals surface area contributed by atoms with E-state index in [-0.39, 0.29) is 5.02 Å². The third kappa shape index (κ3) is 1.59. The van der Waals surface area contributed by atoms with E-state index < -0.39 is 5.82 Å². The number of hydrogen-bond donors (Lipinski definition) is 1. The molecule has 1 heterocycles. The molecule has 2 saturated carbocycles. The summed E-state index contributed by atoms with van der Waals surface area (Å²) in [6.45, 7) is 0. The van der Waals surface area contributed by atoms with E-state index in [9.17, 15) is 4.39 Å². The summed E-state index contributed by atoms with van der Waals surface area (Å²) in [6, 6.07) is 3.43. The molecule has 0 saturated heterocycles. The Bertz CT molecular complexity index is 666. The van der Waals surface area contributed by atoms with E-state index in [2.05, 4.69) is 9.55 Å². The molecule has 2 bridgehead atoms. The van der Waals surface area contributed by atoms with Crippen molar-refractivity contribution in [2.75, 3.05) is 5.73 Å². The van der Waals surface area contributed by atoms with Crippen molar-refractivity contribution in [3.05, 3.63) is 23.0 Å². The van der Waals surface area contributed by atoms with E-state index in [1.165, 1.54) is 25.3 Å². The molecular formula is C14H15ClFN3. The first kappa shape index (κ1) is 11.5. The van der Waals surface area contributed by atoms with Gasteiger partial charge in [-0.15, -0.1) is 0 Å². The summed E-state index contributed by atoms with van der Waals surface area (Å²) < 4.78 is 15.6. The van der Waals surface area contributed by atoms with Crippen LogP contribution in [0.4, 0.5) is 10.3 Å². The molecule has 1 aromatic heterocycles. The molecular weight excluding hydrogens is 265 g/mol. The van der Waals surface area contributed by atoms with Crippen LogP contribution < -0.4 is 5.73 Å². The molecule has 2 N–H and O–H groups in total. The van der Waals surface area contributed by atoms with Crippen molar-refractivity contribution >= 4 is 28.6 Å². The number of fused-ring (bicyclic) bond motifs is 3. The van der Waals surface area contributed by atoms with Crippen molar-refractivity contribution in [3.8, 4) is 0 Å². The maximum Gasteiger partial charge on any atom is 0.201 e. The molecule has 1 aromatic carbocycles. The fourth-order valence-corrected chi connectivity index (χ4v) is 4.14. The van der Waals surface area contributed by atoms with Crippen LogP contribution in [0, 0.1) is 17.7 Å². The normalized spacial score (nSPS) is 29.5. The Kier molecular flexibility index (Phi) is 2.34. The third-order valence-electron chi connectivity index (χ3n) is 4.79. The van der Waals surface area contributed by atoms with Gasteiger partial charge in [-0.25, -0.2) is 9.37 Å². The Hall–Kier alpha value is -1.29. The zero-order valence-electron chi connectivity index (χ0n) is 10.4. The highest BCUT2D eigenvalue weighted by molar-refractivity contribution is 6.31. The SMILES string of the molecule is Nc1nc2cc(F)c(Cl)cc2n1C1CC2CCC1C2.